The Morgan fingerprint density at radius 2 is 2.06 bits per heavy atom. The second kappa shape index (κ2) is 5.10. The van der Waals surface area contributed by atoms with Gasteiger partial charge < -0.3 is 5.32 Å². The topological polar surface area (TPSA) is 29.1 Å². The van der Waals surface area contributed by atoms with Gasteiger partial charge in [0.1, 0.15) is 11.6 Å². The molecule has 16 heavy (non-hydrogen) atoms. The molecule has 2 rings (SSSR count). The SMILES string of the molecule is O=C1CCC(CNc2cccc(F)c2)CC1. The van der Waals surface area contributed by atoms with Crippen molar-refractivity contribution in [2.24, 2.45) is 5.92 Å². The van der Waals surface area contributed by atoms with Gasteiger partial charge in [0.15, 0.2) is 0 Å². The summed E-state index contributed by atoms with van der Waals surface area (Å²) in [4.78, 5) is 11.1. The average Bonchev–Trinajstić information content (AvgIpc) is 2.28. The summed E-state index contributed by atoms with van der Waals surface area (Å²) < 4.78 is 12.9. The first-order chi connectivity index (χ1) is 7.74. The number of nitrogens with one attached hydrogen (secondary N) is 1. The second-order valence-corrected chi connectivity index (χ2v) is 4.37. The van der Waals surface area contributed by atoms with Crippen LogP contribution in [0.5, 0.6) is 0 Å². The van der Waals surface area contributed by atoms with Crippen molar-refractivity contribution >= 4 is 11.5 Å². The highest BCUT2D eigenvalue weighted by Crippen LogP contribution is 2.22. The normalized spacial score (nSPS) is 17.4. The molecule has 1 N–H and O–H groups in total. The Kier molecular flexibility index (Phi) is 3.54. The van der Waals surface area contributed by atoms with Gasteiger partial charge in [0.25, 0.3) is 0 Å². The van der Waals surface area contributed by atoms with Gasteiger partial charge in [0.05, 0.1) is 0 Å². The number of carbonyl (C=O) groups is 1. The lowest BCUT2D eigenvalue weighted by Gasteiger charge is -2.21. The van der Waals surface area contributed by atoms with E-state index in [-0.39, 0.29) is 5.82 Å². The molecule has 0 aliphatic heterocycles. The Labute approximate surface area is 94.9 Å². The van der Waals surface area contributed by atoms with Crippen LogP contribution in [0.1, 0.15) is 25.7 Å². The lowest BCUT2D eigenvalue weighted by atomic mass is 9.88. The second-order valence-electron chi connectivity index (χ2n) is 4.37. The summed E-state index contributed by atoms with van der Waals surface area (Å²) >= 11 is 0. The monoisotopic (exact) mass is 221 g/mol. The van der Waals surface area contributed by atoms with Crippen LogP contribution in [0.15, 0.2) is 24.3 Å². The van der Waals surface area contributed by atoms with Crippen LogP contribution in [0.3, 0.4) is 0 Å². The first kappa shape index (κ1) is 11.1. The minimum absolute atomic E-state index is 0.219. The lowest BCUT2D eigenvalue weighted by molar-refractivity contribution is -0.120. The van der Waals surface area contributed by atoms with Crippen molar-refractivity contribution in [3.05, 3.63) is 30.1 Å². The molecule has 0 heterocycles. The van der Waals surface area contributed by atoms with Crippen LogP contribution < -0.4 is 5.32 Å². The van der Waals surface area contributed by atoms with E-state index in [0.717, 1.165) is 25.1 Å². The summed E-state index contributed by atoms with van der Waals surface area (Å²) in [7, 11) is 0. The largest absolute Gasteiger partial charge is 0.385 e. The molecule has 3 heteroatoms. The van der Waals surface area contributed by atoms with Crippen molar-refractivity contribution in [1.82, 2.24) is 0 Å². The van der Waals surface area contributed by atoms with Gasteiger partial charge in [-0.25, -0.2) is 4.39 Å². The van der Waals surface area contributed by atoms with Gasteiger partial charge in [0.2, 0.25) is 0 Å². The van der Waals surface area contributed by atoms with E-state index in [1.165, 1.54) is 12.1 Å². The summed E-state index contributed by atoms with van der Waals surface area (Å²) in [6.45, 7) is 0.830. The zero-order valence-electron chi connectivity index (χ0n) is 9.21. The minimum Gasteiger partial charge on any atom is -0.385 e. The molecule has 0 radical (unpaired) electrons. The third-order valence-electron chi connectivity index (χ3n) is 3.08. The Balaban J connectivity index is 1.81. The van der Waals surface area contributed by atoms with Crippen LogP contribution in [0, 0.1) is 11.7 Å². The molecular weight excluding hydrogens is 205 g/mol. The fraction of sp³-hybridized carbons (Fsp3) is 0.462. The number of hydrogen-bond donors (Lipinski definition) is 1. The molecule has 1 aliphatic carbocycles. The van der Waals surface area contributed by atoms with Gasteiger partial charge >= 0.3 is 0 Å². The van der Waals surface area contributed by atoms with Crippen LogP contribution in [0.2, 0.25) is 0 Å². The van der Waals surface area contributed by atoms with E-state index in [1.807, 2.05) is 6.07 Å². The number of ketones is 1. The van der Waals surface area contributed by atoms with Crippen molar-refractivity contribution in [2.45, 2.75) is 25.7 Å². The van der Waals surface area contributed by atoms with Crippen LogP contribution in [-0.4, -0.2) is 12.3 Å². The zero-order chi connectivity index (χ0) is 11.4. The smallest absolute Gasteiger partial charge is 0.132 e. The number of benzene rings is 1. The van der Waals surface area contributed by atoms with E-state index in [9.17, 15) is 9.18 Å². The molecule has 0 amide bonds. The number of carbonyl (C=O) groups excluding carboxylic acids is 1. The van der Waals surface area contributed by atoms with Crippen molar-refractivity contribution in [3.8, 4) is 0 Å². The molecule has 1 saturated carbocycles. The molecule has 86 valence electrons. The maximum Gasteiger partial charge on any atom is 0.132 e. The fourth-order valence-corrected chi connectivity index (χ4v) is 2.06. The van der Waals surface area contributed by atoms with Gasteiger partial charge in [-0.05, 0) is 37.0 Å². The highest BCUT2D eigenvalue weighted by atomic mass is 19.1. The van der Waals surface area contributed by atoms with E-state index >= 15 is 0 Å². The van der Waals surface area contributed by atoms with Crippen molar-refractivity contribution in [3.63, 3.8) is 0 Å². The van der Waals surface area contributed by atoms with Crippen molar-refractivity contribution in [1.29, 1.82) is 0 Å². The first-order valence-electron chi connectivity index (χ1n) is 5.75. The third kappa shape index (κ3) is 3.05. The Morgan fingerprint density at radius 3 is 2.75 bits per heavy atom. The summed E-state index contributed by atoms with van der Waals surface area (Å²) in [6.07, 6.45) is 3.33. The first-order valence-corrected chi connectivity index (χ1v) is 5.75. The van der Waals surface area contributed by atoms with E-state index in [1.54, 1.807) is 6.07 Å². The molecule has 1 aromatic rings. The molecule has 0 unspecified atom stereocenters. The zero-order valence-corrected chi connectivity index (χ0v) is 9.21. The van der Waals surface area contributed by atoms with Gasteiger partial charge in [-0.1, -0.05) is 6.07 Å². The van der Waals surface area contributed by atoms with E-state index in [4.69, 9.17) is 0 Å². The Bertz CT molecular complexity index is 368. The van der Waals surface area contributed by atoms with Crippen molar-refractivity contribution in [2.75, 3.05) is 11.9 Å². The molecular formula is C13H16FNO. The Morgan fingerprint density at radius 1 is 1.31 bits per heavy atom. The molecule has 0 atom stereocenters. The Hall–Kier alpha value is -1.38. The summed E-state index contributed by atoms with van der Waals surface area (Å²) in [5.41, 5.74) is 0.817. The molecule has 0 bridgehead atoms. The van der Waals surface area contributed by atoms with E-state index in [0.29, 0.717) is 24.5 Å². The number of rotatable bonds is 3. The standard InChI is InChI=1S/C13H16FNO/c14-11-2-1-3-12(8-11)15-9-10-4-6-13(16)7-5-10/h1-3,8,10,15H,4-7,9H2. The number of hydrogen-bond acceptors (Lipinski definition) is 2. The number of Topliss-reactive ketones (excluding diaryl/α,β-unsaturated/α-hetero) is 1. The lowest BCUT2D eigenvalue weighted by Crippen LogP contribution is -2.21. The third-order valence-corrected chi connectivity index (χ3v) is 3.08. The molecule has 2 nitrogen and oxygen atoms in total. The summed E-state index contributed by atoms with van der Waals surface area (Å²) in [5.74, 6) is 0.701. The van der Waals surface area contributed by atoms with E-state index in [2.05, 4.69) is 5.32 Å². The highest BCUT2D eigenvalue weighted by molar-refractivity contribution is 5.79. The van der Waals surface area contributed by atoms with Crippen LogP contribution in [-0.2, 0) is 4.79 Å². The van der Waals surface area contributed by atoms with Crippen LogP contribution in [0.4, 0.5) is 10.1 Å². The predicted molar refractivity (Wildman–Crippen MR) is 61.9 cm³/mol. The maximum absolute atomic E-state index is 12.9. The molecule has 1 aliphatic rings. The van der Waals surface area contributed by atoms with Gasteiger partial charge in [0, 0.05) is 25.1 Å². The van der Waals surface area contributed by atoms with Gasteiger partial charge in [-0.3, -0.25) is 4.79 Å². The summed E-state index contributed by atoms with van der Waals surface area (Å²) in [5, 5.41) is 3.22. The van der Waals surface area contributed by atoms with Crippen molar-refractivity contribution < 1.29 is 9.18 Å². The van der Waals surface area contributed by atoms with Gasteiger partial charge in [-0.2, -0.15) is 0 Å². The van der Waals surface area contributed by atoms with E-state index < -0.39 is 0 Å². The molecule has 1 fully saturated rings. The molecule has 0 saturated heterocycles. The quantitative estimate of drug-likeness (QED) is 0.850. The van der Waals surface area contributed by atoms with Gasteiger partial charge in [-0.15, -0.1) is 0 Å². The highest BCUT2D eigenvalue weighted by Gasteiger charge is 2.18. The predicted octanol–water partition coefficient (Wildman–Crippen LogP) is 3.00. The minimum atomic E-state index is -0.219. The molecule has 0 spiro atoms. The van der Waals surface area contributed by atoms with Crippen LogP contribution >= 0.6 is 0 Å². The molecule has 0 aromatic heterocycles. The maximum atomic E-state index is 12.9. The summed E-state index contributed by atoms with van der Waals surface area (Å²) in [6, 6.07) is 6.48. The number of halogens is 1. The fourth-order valence-electron chi connectivity index (χ4n) is 2.06. The average molecular weight is 221 g/mol. The number of anilines is 1. The van der Waals surface area contributed by atoms with Crippen LogP contribution in [0.25, 0.3) is 0 Å². The molecule has 1 aromatic carbocycles.